The van der Waals surface area contributed by atoms with Crippen molar-refractivity contribution >= 4 is 0 Å². The van der Waals surface area contributed by atoms with Crippen molar-refractivity contribution in [3.05, 3.63) is 22.8 Å². The van der Waals surface area contributed by atoms with Gasteiger partial charge in [0.25, 0.3) is 0 Å². The Morgan fingerprint density at radius 1 is 1.35 bits per heavy atom. The van der Waals surface area contributed by atoms with Crippen molar-refractivity contribution < 1.29 is 9.84 Å². The Hall–Kier alpha value is -0.600. The van der Waals surface area contributed by atoms with Gasteiger partial charge in [0.1, 0.15) is 0 Å². The number of allylic oxidation sites excluding steroid dienone is 2. The molecular weight excluding hydrogens is 212 g/mol. The zero-order valence-electron chi connectivity index (χ0n) is 11.8. The minimum Gasteiger partial charge on any atom is -0.396 e. The van der Waals surface area contributed by atoms with Gasteiger partial charge >= 0.3 is 0 Å². The first-order valence-electron chi connectivity index (χ1n) is 6.47. The predicted molar refractivity (Wildman–Crippen MR) is 72.0 cm³/mol. The first-order valence-corrected chi connectivity index (χ1v) is 6.47. The van der Waals surface area contributed by atoms with Crippen molar-refractivity contribution in [1.29, 1.82) is 0 Å². The summed E-state index contributed by atoms with van der Waals surface area (Å²) in [7, 11) is 0. The van der Waals surface area contributed by atoms with Crippen molar-refractivity contribution in [2.75, 3.05) is 13.2 Å². The second kappa shape index (κ2) is 5.83. The van der Waals surface area contributed by atoms with E-state index in [9.17, 15) is 0 Å². The van der Waals surface area contributed by atoms with E-state index in [1.807, 2.05) is 0 Å². The van der Waals surface area contributed by atoms with E-state index in [1.165, 1.54) is 16.7 Å². The largest absolute Gasteiger partial charge is 0.396 e. The Kier molecular flexibility index (Phi) is 4.96. The van der Waals surface area contributed by atoms with Crippen LogP contribution in [0.1, 0.15) is 47.5 Å². The molecule has 2 heteroatoms. The number of aliphatic hydroxyl groups is 1. The van der Waals surface area contributed by atoms with Gasteiger partial charge < -0.3 is 9.84 Å². The maximum atomic E-state index is 8.77. The molecule has 0 amide bonds. The summed E-state index contributed by atoms with van der Waals surface area (Å²) < 4.78 is 5.80. The van der Waals surface area contributed by atoms with Gasteiger partial charge in [-0.2, -0.15) is 0 Å². The summed E-state index contributed by atoms with van der Waals surface area (Å²) in [6.45, 7) is 12.0. The molecule has 0 radical (unpaired) electrons. The number of ether oxygens (including phenoxy) is 1. The van der Waals surface area contributed by atoms with Crippen molar-refractivity contribution in [2.45, 2.75) is 53.6 Å². The normalized spacial score (nSPS) is 21.8. The van der Waals surface area contributed by atoms with Crippen LogP contribution in [0.15, 0.2) is 22.8 Å². The molecule has 0 aliphatic heterocycles. The van der Waals surface area contributed by atoms with Crippen molar-refractivity contribution in [3.63, 3.8) is 0 Å². The highest BCUT2D eigenvalue weighted by atomic mass is 16.5. The van der Waals surface area contributed by atoms with E-state index in [1.54, 1.807) is 0 Å². The molecule has 0 aromatic rings. The molecule has 1 N–H and O–H groups in total. The van der Waals surface area contributed by atoms with E-state index in [0.29, 0.717) is 6.61 Å². The van der Waals surface area contributed by atoms with Gasteiger partial charge in [0.05, 0.1) is 6.10 Å². The minimum atomic E-state index is 0.180. The molecule has 0 heterocycles. The Morgan fingerprint density at radius 2 is 2.00 bits per heavy atom. The van der Waals surface area contributed by atoms with Gasteiger partial charge in [-0.1, -0.05) is 32.4 Å². The minimum absolute atomic E-state index is 0.180. The molecule has 98 valence electrons. The highest BCUT2D eigenvalue weighted by Crippen LogP contribution is 2.37. The molecule has 17 heavy (non-hydrogen) atoms. The van der Waals surface area contributed by atoms with Crippen LogP contribution in [0.3, 0.4) is 0 Å². The van der Waals surface area contributed by atoms with Crippen LogP contribution in [-0.4, -0.2) is 24.4 Å². The van der Waals surface area contributed by atoms with E-state index >= 15 is 0 Å². The summed E-state index contributed by atoms with van der Waals surface area (Å²) in [4.78, 5) is 0. The van der Waals surface area contributed by atoms with Crippen LogP contribution in [-0.2, 0) is 4.74 Å². The summed E-state index contributed by atoms with van der Waals surface area (Å²) in [6.07, 6.45) is 4.09. The first-order chi connectivity index (χ1) is 7.86. The summed E-state index contributed by atoms with van der Waals surface area (Å²) in [5, 5.41) is 8.77. The Balaban J connectivity index is 2.73. The predicted octanol–water partition coefficient (Wildman–Crippen LogP) is 3.47. The fraction of sp³-hybridized carbons (Fsp3) is 0.733. The van der Waals surface area contributed by atoms with E-state index in [0.717, 1.165) is 12.8 Å². The van der Waals surface area contributed by atoms with E-state index in [-0.39, 0.29) is 18.1 Å². The van der Waals surface area contributed by atoms with Crippen molar-refractivity contribution in [1.82, 2.24) is 0 Å². The lowest BCUT2D eigenvalue weighted by molar-refractivity contribution is 0.0690. The topological polar surface area (TPSA) is 29.5 Å². The van der Waals surface area contributed by atoms with Crippen LogP contribution < -0.4 is 0 Å². The number of aliphatic hydroxyl groups excluding tert-OH is 1. The standard InChI is InChI=1S/C15H26O2/c1-11-9-13(17-8-6-7-16)10-14(12(11)2)15(3,4)5/h9,13,16H,6-8,10H2,1-5H3. The quantitative estimate of drug-likeness (QED) is 0.760. The highest BCUT2D eigenvalue weighted by Gasteiger charge is 2.26. The summed E-state index contributed by atoms with van der Waals surface area (Å²) in [5.74, 6) is 0. The Labute approximate surface area is 105 Å². The molecule has 2 nitrogen and oxygen atoms in total. The Bertz CT molecular complexity index is 318. The molecule has 0 spiro atoms. The maximum absolute atomic E-state index is 8.77. The lowest BCUT2D eigenvalue weighted by Gasteiger charge is -2.32. The average Bonchev–Trinajstić information content (AvgIpc) is 2.21. The molecule has 1 atom stereocenters. The fourth-order valence-corrected chi connectivity index (χ4v) is 2.33. The third-order valence-corrected chi connectivity index (χ3v) is 3.43. The van der Waals surface area contributed by atoms with Crippen LogP contribution in [0, 0.1) is 5.41 Å². The third kappa shape index (κ3) is 3.97. The van der Waals surface area contributed by atoms with Crippen LogP contribution in [0.2, 0.25) is 0 Å². The molecule has 1 rings (SSSR count). The number of rotatable bonds is 4. The first kappa shape index (κ1) is 14.5. The van der Waals surface area contributed by atoms with Crippen LogP contribution in [0.5, 0.6) is 0 Å². The van der Waals surface area contributed by atoms with Gasteiger partial charge in [0, 0.05) is 13.2 Å². The third-order valence-electron chi connectivity index (χ3n) is 3.43. The van der Waals surface area contributed by atoms with Gasteiger partial charge in [-0.25, -0.2) is 0 Å². The molecule has 0 saturated carbocycles. The molecule has 1 aliphatic carbocycles. The number of hydrogen-bond acceptors (Lipinski definition) is 2. The molecular formula is C15H26O2. The monoisotopic (exact) mass is 238 g/mol. The second-order valence-electron chi connectivity index (χ2n) is 5.89. The van der Waals surface area contributed by atoms with Crippen molar-refractivity contribution in [2.24, 2.45) is 5.41 Å². The van der Waals surface area contributed by atoms with Gasteiger partial charge in [-0.05, 0) is 43.3 Å². The van der Waals surface area contributed by atoms with Crippen LogP contribution in [0.25, 0.3) is 0 Å². The Morgan fingerprint density at radius 3 is 2.53 bits per heavy atom. The summed E-state index contributed by atoms with van der Waals surface area (Å²) in [6, 6.07) is 0. The number of hydrogen-bond donors (Lipinski definition) is 1. The molecule has 0 fully saturated rings. The SMILES string of the molecule is CC1=CC(OCCCO)CC(C(C)(C)C)=C1C. The molecule has 0 saturated heterocycles. The molecule has 0 aromatic carbocycles. The van der Waals surface area contributed by atoms with Gasteiger partial charge in [0.2, 0.25) is 0 Å². The smallest absolute Gasteiger partial charge is 0.0798 e. The maximum Gasteiger partial charge on any atom is 0.0798 e. The van der Waals surface area contributed by atoms with E-state index < -0.39 is 0 Å². The summed E-state index contributed by atoms with van der Waals surface area (Å²) in [5.41, 5.74) is 4.44. The average molecular weight is 238 g/mol. The van der Waals surface area contributed by atoms with Crippen LogP contribution in [0.4, 0.5) is 0 Å². The van der Waals surface area contributed by atoms with Crippen molar-refractivity contribution in [3.8, 4) is 0 Å². The fourth-order valence-electron chi connectivity index (χ4n) is 2.33. The van der Waals surface area contributed by atoms with Gasteiger partial charge in [-0.3, -0.25) is 0 Å². The van der Waals surface area contributed by atoms with Gasteiger partial charge in [-0.15, -0.1) is 0 Å². The highest BCUT2D eigenvalue weighted by molar-refractivity contribution is 5.39. The summed E-state index contributed by atoms with van der Waals surface area (Å²) >= 11 is 0. The molecule has 1 unspecified atom stereocenters. The van der Waals surface area contributed by atoms with Crippen LogP contribution >= 0.6 is 0 Å². The lowest BCUT2D eigenvalue weighted by Crippen LogP contribution is -2.23. The van der Waals surface area contributed by atoms with E-state index in [2.05, 4.69) is 40.7 Å². The van der Waals surface area contributed by atoms with E-state index in [4.69, 9.17) is 9.84 Å². The molecule has 1 aliphatic rings. The zero-order chi connectivity index (χ0) is 13.1. The van der Waals surface area contributed by atoms with Gasteiger partial charge in [0.15, 0.2) is 0 Å². The lowest BCUT2D eigenvalue weighted by atomic mass is 9.76. The molecule has 0 aromatic heterocycles. The molecule has 0 bridgehead atoms. The second-order valence-corrected chi connectivity index (χ2v) is 5.89. The zero-order valence-corrected chi connectivity index (χ0v) is 11.8.